The fourth-order valence-corrected chi connectivity index (χ4v) is 2.27. The molecule has 2 atom stereocenters. The predicted molar refractivity (Wildman–Crippen MR) is 115 cm³/mol. The van der Waals surface area contributed by atoms with Crippen molar-refractivity contribution in [1.29, 1.82) is 0 Å². The summed E-state index contributed by atoms with van der Waals surface area (Å²) in [6.45, 7) is 15.9. The van der Waals surface area contributed by atoms with Crippen LogP contribution in [-0.4, -0.2) is 12.2 Å². The minimum atomic E-state index is -1.14. The fourth-order valence-electron chi connectivity index (χ4n) is 2.27. The highest BCUT2D eigenvalue weighted by atomic mass is 19.2. The number of ether oxygens (including phenoxy) is 1. The van der Waals surface area contributed by atoms with E-state index in [4.69, 9.17) is 0 Å². The van der Waals surface area contributed by atoms with Gasteiger partial charge in [-0.3, -0.25) is 0 Å². The van der Waals surface area contributed by atoms with E-state index < -0.39 is 17.5 Å². The number of hydrogen-bond donors (Lipinski definition) is 1. The highest BCUT2D eigenvalue weighted by molar-refractivity contribution is 5.51. The van der Waals surface area contributed by atoms with Gasteiger partial charge in [0.15, 0.2) is 11.7 Å². The van der Waals surface area contributed by atoms with Gasteiger partial charge in [0.25, 0.3) is 0 Å². The van der Waals surface area contributed by atoms with Crippen molar-refractivity contribution >= 4 is 6.08 Å². The minimum Gasteiger partial charge on any atom is -0.508 e. The first-order valence-corrected chi connectivity index (χ1v) is 9.30. The average molecular weight is 409 g/mol. The molecule has 29 heavy (non-hydrogen) atoms. The maximum absolute atomic E-state index is 14.0. The third-order valence-corrected chi connectivity index (χ3v) is 4.20. The van der Waals surface area contributed by atoms with Crippen LogP contribution in [0.2, 0.25) is 0 Å². The van der Waals surface area contributed by atoms with Gasteiger partial charge >= 0.3 is 0 Å². The molecule has 0 aliphatic rings. The van der Waals surface area contributed by atoms with Crippen LogP contribution in [0.3, 0.4) is 0 Å². The largest absolute Gasteiger partial charge is 0.508 e. The van der Waals surface area contributed by atoms with E-state index in [2.05, 4.69) is 24.5 Å². The van der Waals surface area contributed by atoms with E-state index in [-0.39, 0.29) is 28.9 Å². The molecule has 2 unspecified atom stereocenters. The van der Waals surface area contributed by atoms with Gasteiger partial charge in [-0.25, -0.2) is 8.78 Å². The molecule has 2 nitrogen and oxygen atoms in total. The van der Waals surface area contributed by atoms with E-state index in [0.29, 0.717) is 18.4 Å². The van der Waals surface area contributed by atoms with Crippen molar-refractivity contribution in [2.75, 3.05) is 7.11 Å². The van der Waals surface area contributed by atoms with Crippen molar-refractivity contribution in [3.8, 4) is 5.75 Å². The maximum atomic E-state index is 14.0. The number of phenols is 1. The Kier molecular flexibility index (Phi) is 12.2. The summed E-state index contributed by atoms with van der Waals surface area (Å²) >= 11 is 0. The number of halogens is 3. The van der Waals surface area contributed by atoms with Crippen LogP contribution in [-0.2, 0) is 4.74 Å². The van der Waals surface area contributed by atoms with Gasteiger partial charge in [-0.2, -0.15) is 4.39 Å². The second-order valence-corrected chi connectivity index (χ2v) is 6.71. The molecule has 0 heterocycles. The second-order valence-electron chi connectivity index (χ2n) is 6.71. The summed E-state index contributed by atoms with van der Waals surface area (Å²) in [6.07, 6.45) is 6.51. The molecule has 0 spiro atoms. The minimum absolute atomic E-state index is 0.0569. The van der Waals surface area contributed by atoms with Crippen LogP contribution >= 0.6 is 0 Å². The SMILES string of the molecule is C=C(OC)/C(F)=C(/F)C(=C)C(C)CCC(C)/C=C/c1ccc(O)cc1F.C=CC. The third kappa shape index (κ3) is 9.37. The zero-order valence-corrected chi connectivity index (χ0v) is 17.6. The van der Waals surface area contributed by atoms with Gasteiger partial charge in [0.2, 0.25) is 0 Å². The standard InChI is InChI=1S/C21H25F3O2.C3H6/c1-13(7-9-17-10-11-18(25)12-19(17)22)6-8-14(2)15(3)20(23)21(24)16(4)26-5;1-3-2/h7,9-14,25H,3-4,6,8H2,1-2,5H3;3H,1H2,2H3/b9-7+,21-20-;. The zero-order valence-electron chi connectivity index (χ0n) is 17.6. The van der Waals surface area contributed by atoms with Crippen LogP contribution in [0.5, 0.6) is 5.75 Å². The lowest BCUT2D eigenvalue weighted by atomic mass is 9.91. The van der Waals surface area contributed by atoms with E-state index in [1.54, 1.807) is 19.1 Å². The second kappa shape index (κ2) is 13.5. The van der Waals surface area contributed by atoms with E-state index in [0.717, 1.165) is 6.07 Å². The van der Waals surface area contributed by atoms with Crippen molar-refractivity contribution in [3.63, 3.8) is 0 Å². The number of benzene rings is 1. The summed E-state index contributed by atoms with van der Waals surface area (Å²) in [7, 11) is 1.21. The molecule has 0 bridgehead atoms. The first-order valence-electron chi connectivity index (χ1n) is 9.30. The van der Waals surface area contributed by atoms with Crippen molar-refractivity contribution in [1.82, 2.24) is 0 Å². The number of hydrogen-bond acceptors (Lipinski definition) is 2. The Hall–Kier alpha value is -2.69. The van der Waals surface area contributed by atoms with E-state index in [1.165, 1.54) is 19.2 Å². The van der Waals surface area contributed by atoms with Crippen molar-refractivity contribution in [2.45, 2.75) is 33.6 Å². The molecule has 160 valence electrons. The predicted octanol–water partition coefficient (Wildman–Crippen LogP) is 7.66. The maximum Gasteiger partial charge on any atom is 0.200 e. The molecule has 0 amide bonds. The quantitative estimate of drug-likeness (QED) is 0.258. The molecular formula is C24H31F3O2. The Morgan fingerprint density at radius 1 is 1.17 bits per heavy atom. The van der Waals surface area contributed by atoms with E-state index >= 15 is 0 Å². The van der Waals surface area contributed by atoms with Gasteiger partial charge < -0.3 is 9.84 Å². The highest BCUT2D eigenvalue weighted by Gasteiger charge is 2.18. The summed E-state index contributed by atoms with van der Waals surface area (Å²) in [5, 5.41) is 9.20. The highest BCUT2D eigenvalue weighted by Crippen LogP contribution is 2.30. The number of phenolic OH excluding ortho intramolecular Hbond substituents is 1. The van der Waals surface area contributed by atoms with Crippen LogP contribution < -0.4 is 0 Å². The summed E-state index contributed by atoms with van der Waals surface area (Å²) in [5.74, 6) is -3.35. The molecule has 0 aliphatic heterocycles. The molecule has 0 saturated heterocycles. The molecule has 0 aliphatic carbocycles. The normalized spacial score (nSPS) is 13.6. The zero-order chi connectivity index (χ0) is 22.6. The topological polar surface area (TPSA) is 29.5 Å². The lowest BCUT2D eigenvalue weighted by Gasteiger charge is -2.16. The van der Waals surface area contributed by atoms with Crippen LogP contribution in [0.4, 0.5) is 13.2 Å². The Morgan fingerprint density at radius 2 is 1.76 bits per heavy atom. The van der Waals surface area contributed by atoms with Gasteiger partial charge in [0, 0.05) is 11.6 Å². The van der Waals surface area contributed by atoms with Gasteiger partial charge in [-0.05, 0) is 49.3 Å². The molecule has 5 heteroatoms. The molecule has 1 aromatic rings. The van der Waals surface area contributed by atoms with Gasteiger partial charge in [-0.15, -0.1) is 6.58 Å². The number of methoxy groups -OCH3 is 1. The Morgan fingerprint density at radius 3 is 2.28 bits per heavy atom. The molecule has 0 saturated carbocycles. The Balaban J connectivity index is 0.00000245. The van der Waals surface area contributed by atoms with Crippen LogP contribution in [0.25, 0.3) is 6.08 Å². The van der Waals surface area contributed by atoms with Crippen molar-refractivity contribution in [3.05, 3.63) is 84.5 Å². The number of allylic oxidation sites excluding steroid dienone is 5. The van der Waals surface area contributed by atoms with E-state index in [9.17, 15) is 18.3 Å². The average Bonchev–Trinajstić information content (AvgIpc) is 2.69. The summed E-state index contributed by atoms with van der Waals surface area (Å²) in [5.41, 5.74) is 0.433. The van der Waals surface area contributed by atoms with Crippen molar-refractivity contribution in [2.24, 2.45) is 11.8 Å². The molecular weight excluding hydrogens is 377 g/mol. The number of aromatic hydroxyl groups is 1. The van der Waals surface area contributed by atoms with Crippen LogP contribution in [0.15, 0.2) is 73.1 Å². The lowest BCUT2D eigenvalue weighted by Crippen LogP contribution is -2.04. The van der Waals surface area contributed by atoms with Gasteiger partial charge in [0.05, 0.1) is 7.11 Å². The molecule has 1 aromatic carbocycles. The third-order valence-electron chi connectivity index (χ3n) is 4.20. The summed E-state index contributed by atoms with van der Waals surface area (Å²) in [4.78, 5) is 0. The number of rotatable bonds is 9. The molecule has 0 aromatic heterocycles. The summed E-state index contributed by atoms with van der Waals surface area (Å²) < 4.78 is 46.0. The lowest BCUT2D eigenvalue weighted by molar-refractivity contribution is 0.280. The Labute approximate surface area is 172 Å². The Bertz CT molecular complexity index is 763. The first kappa shape index (κ1) is 26.3. The molecule has 1 N–H and O–H groups in total. The molecule has 1 rings (SSSR count). The van der Waals surface area contributed by atoms with Gasteiger partial charge in [0.1, 0.15) is 17.3 Å². The van der Waals surface area contributed by atoms with E-state index in [1.807, 2.05) is 19.9 Å². The smallest absolute Gasteiger partial charge is 0.200 e. The monoisotopic (exact) mass is 408 g/mol. The summed E-state index contributed by atoms with van der Waals surface area (Å²) in [6, 6.07) is 3.95. The van der Waals surface area contributed by atoms with Crippen LogP contribution in [0.1, 0.15) is 39.2 Å². The molecule has 0 fully saturated rings. The van der Waals surface area contributed by atoms with Gasteiger partial charge in [-0.1, -0.05) is 45.2 Å². The van der Waals surface area contributed by atoms with Crippen LogP contribution in [0, 0.1) is 17.7 Å². The molecule has 0 radical (unpaired) electrons. The fraction of sp³-hybridized carbons (Fsp3) is 0.333. The van der Waals surface area contributed by atoms with Crippen molar-refractivity contribution < 1.29 is 23.0 Å². The first-order chi connectivity index (χ1) is 13.6.